The van der Waals surface area contributed by atoms with Gasteiger partial charge in [0, 0.05) is 23.9 Å². The number of aromatic nitrogens is 3. The lowest BCUT2D eigenvalue weighted by atomic mass is 9.93. The molecule has 0 spiro atoms. The van der Waals surface area contributed by atoms with E-state index in [1.807, 2.05) is 10.3 Å². The fraction of sp³-hybridized carbons (Fsp3) is 0.412. The van der Waals surface area contributed by atoms with Gasteiger partial charge in [-0.1, -0.05) is 20.8 Å². The molecule has 1 N–H and O–H groups in total. The minimum Gasteiger partial charge on any atom is -0.451 e. The van der Waals surface area contributed by atoms with Crippen molar-refractivity contribution >= 4 is 22.4 Å². The van der Waals surface area contributed by atoms with Gasteiger partial charge in [0.1, 0.15) is 12.5 Å². The van der Waals surface area contributed by atoms with Crippen LogP contribution in [0, 0.1) is 0 Å². The SMILES string of the molecule is CC(C)(C)c1csc(NC(=O)CN(Cc2cocn2)Cc2cocn2)n1. The van der Waals surface area contributed by atoms with E-state index < -0.39 is 0 Å². The van der Waals surface area contributed by atoms with Gasteiger partial charge in [-0.15, -0.1) is 11.3 Å². The third-order valence-corrected chi connectivity index (χ3v) is 4.38. The lowest BCUT2D eigenvalue weighted by molar-refractivity contribution is -0.117. The van der Waals surface area contributed by atoms with Crippen LogP contribution in [0.1, 0.15) is 37.9 Å². The minimum absolute atomic E-state index is 0.0502. The summed E-state index contributed by atoms with van der Waals surface area (Å²) in [6.45, 7) is 7.36. The van der Waals surface area contributed by atoms with Crippen LogP contribution in [0.5, 0.6) is 0 Å². The molecule has 0 fully saturated rings. The summed E-state index contributed by atoms with van der Waals surface area (Å²) in [7, 11) is 0. The first-order valence-corrected chi connectivity index (χ1v) is 9.00. The largest absolute Gasteiger partial charge is 0.451 e. The summed E-state index contributed by atoms with van der Waals surface area (Å²) in [5, 5.41) is 5.43. The molecular weight excluding hydrogens is 354 g/mol. The highest BCUT2D eigenvalue weighted by atomic mass is 32.1. The first kappa shape index (κ1) is 18.3. The highest BCUT2D eigenvalue weighted by Crippen LogP contribution is 2.26. The van der Waals surface area contributed by atoms with Gasteiger partial charge in [0.2, 0.25) is 5.91 Å². The van der Waals surface area contributed by atoms with Gasteiger partial charge < -0.3 is 14.2 Å². The van der Waals surface area contributed by atoms with Gasteiger partial charge in [-0.25, -0.2) is 15.0 Å². The Balaban J connectivity index is 1.63. The predicted octanol–water partition coefficient (Wildman–Crippen LogP) is 3.06. The number of rotatable bonds is 7. The van der Waals surface area contributed by atoms with Crippen LogP contribution in [0.2, 0.25) is 0 Å². The molecule has 0 aromatic carbocycles. The first-order chi connectivity index (χ1) is 12.4. The summed E-state index contributed by atoms with van der Waals surface area (Å²) >= 11 is 1.43. The van der Waals surface area contributed by atoms with E-state index in [2.05, 4.69) is 41.0 Å². The Morgan fingerprint density at radius 3 is 2.23 bits per heavy atom. The van der Waals surface area contributed by atoms with E-state index in [9.17, 15) is 4.79 Å². The van der Waals surface area contributed by atoms with Crippen molar-refractivity contribution in [3.8, 4) is 0 Å². The van der Waals surface area contributed by atoms with Crippen LogP contribution in [-0.2, 0) is 23.3 Å². The van der Waals surface area contributed by atoms with E-state index in [1.165, 1.54) is 24.1 Å². The number of thiazole rings is 1. The zero-order chi connectivity index (χ0) is 18.6. The van der Waals surface area contributed by atoms with Crippen molar-refractivity contribution in [3.63, 3.8) is 0 Å². The zero-order valence-electron chi connectivity index (χ0n) is 14.9. The zero-order valence-corrected chi connectivity index (χ0v) is 15.7. The molecule has 0 aliphatic rings. The monoisotopic (exact) mass is 375 g/mol. The minimum atomic E-state index is -0.146. The molecule has 0 radical (unpaired) electrons. The van der Waals surface area contributed by atoms with E-state index in [0.29, 0.717) is 18.2 Å². The number of nitrogens with one attached hydrogen (secondary N) is 1. The Kier molecular flexibility index (Phi) is 5.48. The summed E-state index contributed by atoms with van der Waals surface area (Å²) in [4.78, 5) is 27.1. The molecule has 0 aliphatic carbocycles. The second-order valence-corrected chi connectivity index (χ2v) is 7.80. The molecule has 0 bridgehead atoms. The molecule has 8 nitrogen and oxygen atoms in total. The van der Waals surface area contributed by atoms with Gasteiger partial charge >= 0.3 is 0 Å². The Bertz CT molecular complexity index is 785. The molecule has 3 aromatic rings. The van der Waals surface area contributed by atoms with Gasteiger partial charge in [-0.3, -0.25) is 9.69 Å². The Morgan fingerprint density at radius 1 is 1.15 bits per heavy atom. The Hall–Kier alpha value is -2.52. The molecule has 0 atom stereocenters. The van der Waals surface area contributed by atoms with E-state index in [1.54, 1.807) is 12.5 Å². The third kappa shape index (κ3) is 4.99. The summed E-state index contributed by atoms with van der Waals surface area (Å²) in [6, 6.07) is 0. The molecule has 0 aliphatic heterocycles. The smallest absolute Gasteiger partial charge is 0.240 e. The standard InChI is InChI=1S/C17H21N5O3S/c1-17(2,3)14-9-26-16(20-14)21-15(23)6-22(4-12-7-24-10-18-12)5-13-8-25-11-19-13/h7-11H,4-6H2,1-3H3,(H,20,21,23). The second-order valence-electron chi connectivity index (χ2n) is 6.94. The molecule has 3 heterocycles. The van der Waals surface area contributed by atoms with Crippen LogP contribution in [0.3, 0.4) is 0 Å². The molecule has 0 saturated carbocycles. The van der Waals surface area contributed by atoms with Crippen molar-refractivity contribution in [1.29, 1.82) is 0 Å². The fourth-order valence-corrected chi connectivity index (χ4v) is 3.25. The molecule has 0 saturated heterocycles. The maximum absolute atomic E-state index is 12.5. The van der Waals surface area contributed by atoms with Crippen LogP contribution in [0.25, 0.3) is 0 Å². The van der Waals surface area contributed by atoms with Crippen molar-refractivity contribution in [2.24, 2.45) is 0 Å². The lowest BCUT2D eigenvalue weighted by Crippen LogP contribution is -2.32. The van der Waals surface area contributed by atoms with Crippen molar-refractivity contribution in [3.05, 3.63) is 47.8 Å². The number of nitrogens with zero attached hydrogens (tertiary/aromatic N) is 4. The van der Waals surface area contributed by atoms with Crippen molar-refractivity contribution in [2.75, 3.05) is 11.9 Å². The van der Waals surface area contributed by atoms with Crippen LogP contribution < -0.4 is 5.32 Å². The van der Waals surface area contributed by atoms with Gasteiger partial charge in [0.15, 0.2) is 17.9 Å². The molecule has 0 unspecified atom stereocenters. The quantitative estimate of drug-likeness (QED) is 0.678. The summed E-state index contributed by atoms with van der Waals surface area (Å²) in [5.74, 6) is -0.146. The number of hydrogen-bond acceptors (Lipinski definition) is 8. The van der Waals surface area contributed by atoms with Crippen molar-refractivity contribution in [1.82, 2.24) is 19.9 Å². The number of oxazole rings is 2. The van der Waals surface area contributed by atoms with E-state index >= 15 is 0 Å². The molecule has 1 amide bonds. The van der Waals surface area contributed by atoms with Crippen LogP contribution >= 0.6 is 11.3 Å². The van der Waals surface area contributed by atoms with Gasteiger partial charge in [-0.2, -0.15) is 0 Å². The fourth-order valence-electron chi connectivity index (χ4n) is 2.29. The highest BCUT2D eigenvalue weighted by Gasteiger charge is 2.19. The van der Waals surface area contributed by atoms with Gasteiger partial charge in [0.25, 0.3) is 0 Å². The number of hydrogen-bond donors (Lipinski definition) is 1. The average Bonchev–Trinajstić information content (AvgIpc) is 3.27. The summed E-state index contributed by atoms with van der Waals surface area (Å²) in [6.07, 6.45) is 5.86. The van der Waals surface area contributed by atoms with Gasteiger partial charge in [-0.05, 0) is 0 Å². The maximum atomic E-state index is 12.5. The molecule has 9 heteroatoms. The van der Waals surface area contributed by atoms with Crippen LogP contribution in [-0.4, -0.2) is 32.3 Å². The highest BCUT2D eigenvalue weighted by molar-refractivity contribution is 7.13. The number of amides is 1. The van der Waals surface area contributed by atoms with Crippen molar-refractivity contribution in [2.45, 2.75) is 39.3 Å². The lowest BCUT2D eigenvalue weighted by Gasteiger charge is -2.19. The molecule has 3 rings (SSSR count). The van der Waals surface area contributed by atoms with Crippen LogP contribution in [0.15, 0.2) is 39.5 Å². The number of carbonyl (C=O) groups excluding carboxylic acids is 1. The molecule has 138 valence electrons. The maximum Gasteiger partial charge on any atom is 0.240 e. The first-order valence-electron chi connectivity index (χ1n) is 8.12. The average molecular weight is 375 g/mol. The summed E-state index contributed by atoms with van der Waals surface area (Å²) < 4.78 is 10.0. The topological polar surface area (TPSA) is 97.3 Å². The molecule has 26 heavy (non-hydrogen) atoms. The second kappa shape index (κ2) is 7.79. The van der Waals surface area contributed by atoms with E-state index in [-0.39, 0.29) is 17.9 Å². The van der Waals surface area contributed by atoms with E-state index in [4.69, 9.17) is 8.83 Å². The number of anilines is 1. The molecule has 3 aromatic heterocycles. The Morgan fingerprint density at radius 2 is 1.77 bits per heavy atom. The Labute approximate surface area is 155 Å². The predicted molar refractivity (Wildman–Crippen MR) is 96.6 cm³/mol. The van der Waals surface area contributed by atoms with Gasteiger partial charge in [0.05, 0.1) is 23.6 Å². The van der Waals surface area contributed by atoms with Crippen LogP contribution in [0.4, 0.5) is 5.13 Å². The van der Waals surface area contributed by atoms with E-state index in [0.717, 1.165) is 17.1 Å². The third-order valence-electron chi connectivity index (χ3n) is 3.62. The van der Waals surface area contributed by atoms with Crippen molar-refractivity contribution < 1.29 is 13.6 Å². The number of carbonyl (C=O) groups is 1. The normalized spacial score (nSPS) is 11.8. The molecular formula is C17H21N5O3S. The summed E-state index contributed by atoms with van der Waals surface area (Å²) in [5.41, 5.74) is 2.39.